The van der Waals surface area contributed by atoms with Crippen molar-refractivity contribution in [2.75, 3.05) is 14.2 Å². The van der Waals surface area contributed by atoms with E-state index in [1.54, 1.807) is 7.11 Å². The Morgan fingerprint density at radius 1 is 1.30 bits per heavy atom. The largest absolute Gasteiger partial charge is 0.481 e. The molecule has 0 aliphatic carbocycles. The molecule has 0 aliphatic heterocycles. The lowest BCUT2D eigenvalue weighted by atomic mass is 10.0. The van der Waals surface area contributed by atoms with E-state index < -0.39 is 0 Å². The molecule has 4 nitrogen and oxygen atoms in total. The summed E-state index contributed by atoms with van der Waals surface area (Å²) in [5.41, 5.74) is 3.14. The van der Waals surface area contributed by atoms with Crippen LogP contribution < -0.4 is 10.1 Å². The number of ether oxygens (including phenoxy) is 1. The molecule has 20 heavy (non-hydrogen) atoms. The van der Waals surface area contributed by atoms with Gasteiger partial charge in [0.1, 0.15) is 6.33 Å². The van der Waals surface area contributed by atoms with Gasteiger partial charge in [-0.3, -0.25) is 0 Å². The van der Waals surface area contributed by atoms with Gasteiger partial charge in [0.15, 0.2) is 0 Å². The van der Waals surface area contributed by atoms with E-state index in [4.69, 9.17) is 16.3 Å². The van der Waals surface area contributed by atoms with Crippen molar-refractivity contribution in [3.05, 3.63) is 52.4 Å². The molecule has 0 saturated heterocycles. The minimum atomic E-state index is 0.146. The van der Waals surface area contributed by atoms with Crippen LogP contribution in [-0.2, 0) is 6.42 Å². The molecule has 2 aromatic rings. The van der Waals surface area contributed by atoms with Crippen LogP contribution in [0.4, 0.5) is 0 Å². The molecule has 0 aliphatic rings. The second-order valence-corrected chi connectivity index (χ2v) is 5.01. The Labute approximate surface area is 124 Å². The summed E-state index contributed by atoms with van der Waals surface area (Å²) in [4.78, 5) is 8.29. The number of benzene rings is 1. The predicted octanol–water partition coefficient (Wildman–Crippen LogP) is 2.95. The summed E-state index contributed by atoms with van der Waals surface area (Å²) in [5, 5.41) is 4.07. The summed E-state index contributed by atoms with van der Waals surface area (Å²) in [6, 6.07) is 8.10. The van der Waals surface area contributed by atoms with Gasteiger partial charge in [-0.05, 0) is 31.2 Å². The fourth-order valence-electron chi connectivity index (χ4n) is 2.02. The standard InChI is InChI=1S/C15H18ClN3O/c1-10-4-5-11(6-13(10)16)14(17-2)7-12-8-15(20-3)19-9-18-12/h4-6,8-9,14,17H,7H2,1-3H3. The third-order valence-electron chi connectivity index (χ3n) is 3.27. The fraction of sp³-hybridized carbons (Fsp3) is 0.333. The average molecular weight is 292 g/mol. The Bertz CT molecular complexity index is 589. The molecule has 1 aromatic heterocycles. The van der Waals surface area contributed by atoms with Crippen molar-refractivity contribution in [3.63, 3.8) is 0 Å². The van der Waals surface area contributed by atoms with E-state index in [1.807, 2.05) is 32.2 Å². The fourth-order valence-corrected chi connectivity index (χ4v) is 2.21. The maximum absolute atomic E-state index is 6.19. The van der Waals surface area contributed by atoms with Crippen molar-refractivity contribution >= 4 is 11.6 Å². The number of nitrogens with one attached hydrogen (secondary N) is 1. The van der Waals surface area contributed by atoms with E-state index in [-0.39, 0.29) is 6.04 Å². The van der Waals surface area contributed by atoms with Gasteiger partial charge in [0.05, 0.1) is 7.11 Å². The summed E-state index contributed by atoms with van der Waals surface area (Å²) < 4.78 is 5.12. The van der Waals surface area contributed by atoms with E-state index in [0.29, 0.717) is 5.88 Å². The van der Waals surface area contributed by atoms with Crippen LogP contribution in [0.15, 0.2) is 30.6 Å². The van der Waals surface area contributed by atoms with Gasteiger partial charge in [-0.25, -0.2) is 9.97 Å². The summed E-state index contributed by atoms with van der Waals surface area (Å²) in [5.74, 6) is 0.576. The average Bonchev–Trinajstić information content (AvgIpc) is 2.48. The molecule has 1 heterocycles. The van der Waals surface area contributed by atoms with Crippen molar-refractivity contribution in [3.8, 4) is 5.88 Å². The Balaban J connectivity index is 2.21. The molecule has 0 saturated carbocycles. The van der Waals surface area contributed by atoms with Gasteiger partial charge in [-0.2, -0.15) is 0 Å². The smallest absolute Gasteiger partial charge is 0.216 e. The Morgan fingerprint density at radius 2 is 2.10 bits per heavy atom. The van der Waals surface area contributed by atoms with Crippen molar-refractivity contribution in [1.29, 1.82) is 0 Å². The Hall–Kier alpha value is -1.65. The molecule has 1 atom stereocenters. The summed E-state index contributed by atoms with van der Waals surface area (Å²) >= 11 is 6.19. The molecular weight excluding hydrogens is 274 g/mol. The topological polar surface area (TPSA) is 47.0 Å². The monoisotopic (exact) mass is 291 g/mol. The van der Waals surface area contributed by atoms with Crippen molar-refractivity contribution < 1.29 is 4.74 Å². The molecule has 1 aromatic carbocycles. The summed E-state index contributed by atoms with van der Waals surface area (Å²) in [6.07, 6.45) is 2.26. The molecule has 106 valence electrons. The predicted molar refractivity (Wildman–Crippen MR) is 80.3 cm³/mol. The van der Waals surface area contributed by atoms with E-state index in [2.05, 4.69) is 21.4 Å². The van der Waals surface area contributed by atoms with Gasteiger partial charge in [-0.15, -0.1) is 0 Å². The van der Waals surface area contributed by atoms with Gasteiger partial charge in [0, 0.05) is 29.2 Å². The molecule has 1 N–H and O–H groups in total. The highest BCUT2D eigenvalue weighted by Crippen LogP contribution is 2.23. The molecule has 0 radical (unpaired) electrons. The van der Waals surface area contributed by atoms with Gasteiger partial charge < -0.3 is 10.1 Å². The zero-order chi connectivity index (χ0) is 14.5. The lowest BCUT2D eigenvalue weighted by molar-refractivity contribution is 0.395. The van der Waals surface area contributed by atoms with Gasteiger partial charge in [-0.1, -0.05) is 23.7 Å². The Morgan fingerprint density at radius 3 is 2.75 bits per heavy atom. The molecule has 0 amide bonds. The van der Waals surface area contributed by atoms with E-state index in [0.717, 1.165) is 28.3 Å². The van der Waals surface area contributed by atoms with Crippen LogP contribution in [0, 0.1) is 6.92 Å². The highest BCUT2D eigenvalue weighted by atomic mass is 35.5. The van der Waals surface area contributed by atoms with Crippen LogP contribution in [0.25, 0.3) is 0 Å². The molecular formula is C15H18ClN3O. The normalized spacial score (nSPS) is 12.2. The number of rotatable bonds is 5. The minimum absolute atomic E-state index is 0.146. The number of methoxy groups -OCH3 is 1. The molecule has 1 unspecified atom stereocenters. The second-order valence-electron chi connectivity index (χ2n) is 4.61. The zero-order valence-corrected chi connectivity index (χ0v) is 12.6. The van der Waals surface area contributed by atoms with Crippen LogP contribution in [0.5, 0.6) is 5.88 Å². The first kappa shape index (κ1) is 14.8. The number of likely N-dealkylation sites (N-methyl/N-ethyl adjacent to an activating group) is 1. The third kappa shape index (κ3) is 3.46. The Kier molecular flexibility index (Phi) is 4.93. The van der Waals surface area contributed by atoms with Gasteiger partial charge in [0.2, 0.25) is 5.88 Å². The maximum atomic E-state index is 6.19. The van der Waals surface area contributed by atoms with Gasteiger partial charge in [0.25, 0.3) is 0 Å². The van der Waals surface area contributed by atoms with E-state index >= 15 is 0 Å². The number of nitrogens with zero attached hydrogens (tertiary/aromatic N) is 2. The lowest BCUT2D eigenvalue weighted by Crippen LogP contribution is -2.19. The first-order chi connectivity index (χ1) is 9.63. The van der Waals surface area contributed by atoms with E-state index in [1.165, 1.54) is 6.33 Å². The highest BCUT2D eigenvalue weighted by molar-refractivity contribution is 6.31. The third-order valence-corrected chi connectivity index (χ3v) is 3.67. The maximum Gasteiger partial charge on any atom is 0.216 e. The first-order valence-corrected chi connectivity index (χ1v) is 6.80. The van der Waals surface area contributed by atoms with Gasteiger partial charge >= 0.3 is 0 Å². The summed E-state index contributed by atoms with van der Waals surface area (Å²) in [6.45, 7) is 2.00. The minimum Gasteiger partial charge on any atom is -0.481 e. The quantitative estimate of drug-likeness (QED) is 0.920. The number of aromatic nitrogens is 2. The van der Waals surface area contributed by atoms with Crippen molar-refractivity contribution in [1.82, 2.24) is 15.3 Å². The van der Waals surface area contributed by atoms with Crippen LogP contribution in [-0.4, -0.2) is 24.1 Å². The number of halogens is 1. The number of aryl methyl sites for hydroxylation is 1. The number of hydrogen-bond acceptors (Lipinski definition) is 4. The van der Waals surface area contributed by atoms with Crippen LogP contribution in [0.1, 0.15) is 22.9 Å². The van der Waals surface area contributed by atoms with Crippen molar-refractivity contribution in [2.45, 2.75) is 19.4 Å². The van der Waals surface area contributed by atoms with E-state index in [9.17, 15) is 0 Å². The van der Waals surface area contributed by atoms with Crippen LogP contribution >= 0.6 is 11.6 Å². The van der Waals surface area contributed by atoms with Crippen LogP contribution in [0.3, 0.4) is 0 Å². The zero-order valence-electron chi connectivity index (χ0n) is 11.9. The van der Waals surface area contributed by atoms with Crippen molar-refractivity contribution in [2.24, 2.45) is 0 Å². The first-order valence-electron chi connectivity index (χ1n) is 6.42. The second kappa shape index (κ2) is 6.68. The number of hydrogen-bond donors (Lipinski definition) is 1. The summed E-state index contributed by atoms with van der Waals surface area (Å²) in [7, 11) is 3.53. The molecule has 5 heteroatoms. The lowest BCUT2D eigenvalue weighted by Gasteiger charge is -2.17. The highest BCUT2D eigenvalue weighted by Gasteiger charge is 2.13. The van der Waals surface area contributed by atoms with Crippen LogP contribution in [0.2, 0.25) is 5.02 Å². The molecule has 0 bridgehead atoms. The molecule has 2 rings (SSSR count). The molecule has 0 spiro atoms. The SMILES string of the molecule is CNC(Cc1cc(OC)ncn1)c1ccc(C)c(Cl)c1. The molecule has 0 fully saturated rings.